The molecule has 0 bridgehead atoms. The van der Waals surface area contributed by atoms with E-state index in [0.717, 1.165) is 30.4 Å². The summed E-state index contributed by atoms with van der Waals surface area (Å²) in [6.45, 7) is 6.93. The first kappa shape index (κ1) is 14.3. The van der Waals surface area contributed by atoms with Crippen LogP contribution in [0.5, 0.6) is 0 Å². The predicted octanol–water partition coefficient (Wildman–Crippen LogP) is 2.31. The molecule has 0 unspecified atom stereocenters. The average molecular weight is 275 g/mol. The van der Waals surface area contributed by atoms with E-state index in [2.05, 4.69) is 41.5 Å². The van der Waals surface area contributed by atoms with Crippen molar-refractivity contribution in [2.75, 3.05) is 17.3 Å². The Labute approximate surface area is 118 Å². The van der Waals surface area contributed by atoms with Gasteiger partial charge >= 0.3 is 0 Å². The summed E-state index contributed by atoms with van der Waals surface area (Å²) in [6, 6.07) is 5.63. The minimum atomic E-state index is -0.135. The summed E-state index contributed by atoms with van der Waals surface area (Å²) in [5.41, 5.74) is 2.44. The van der Waals surface area contributed by atoms with Gasteiger partial charge in [-0.25, -0.2) is 15.8 Å². The van der Waals surface area contributed by atoms with Crippen LogP contribution < -0.4 is 16.6 Å². The van der Waals surface area contributed by atoms with Crippen LogP contribution in [0.4, 0.5) is 11.6 Å². The molecule has 2 aromatic heterocycles. The molecule has 2 aromatic rings. The van der Waals surface area contributed by atoms with Crippen LogP contribution in [-0.2, 0) is 11.8 Å². The van der Waals surface area contributed by atoms with Gasteiger partial charge in [0.1, 0.15) is 23.2 Å². The van der Waals surface area contributed by atoms with Crippen molar-refractivity contribution in [1.29, 1.82) is 0 Å². The molecular weight excluding hydrogens is 254 g/mol. The zero-order valence-corrected chi connectivity index (χ0v) is 12.1. The Hall–Kier alpha value is -2.08. The second kappa shape index (κ2) is 5.92. The normalized spacial score (nSPS) is 11.4. The maximum atomic E-state index is 5.45. The SMILES string of the molecule is CC(C)(C)c1nc(NN)cc(NCCc2ccco2)n1. The Morgan fingerprint density at radius 3 is 2.60 bits per heavy atom. The van der Waals surface area contributed by atoms with E-state index in [1.807, 2.05) is 12.1 Å². The number of hydrogen-bond donors (Lipinski definition) is 3. The molecule has 0 aromatic carbocycles. The number of nitrogen functional groups attached to an aromatic ring is 1. The lowest BCUT2D eigenvalue weighted by Crippen LogP contribution is -2.20. The van der Waals surface area contributed by atoms with E-state index < -0.39 is 0 Å². The summed E-state index contributed by atoms with van der Waals surface area (Å²) in [7, 11) is 0. The van der Waals surface area contributed by atoms with E-state index >= 15 is 0 Å². The molecule has 6 nitrogen and oxygen atoms in total. The molecule has 2 heterocycles. The first-order valence-electron chi connectivity index (χ1n) is 6.61. The van der Waals surface area contributed by atoms with Gasteiger partial charge in [-0.1, -0.05) is 20.8 Å². The maximum Gasteiger partial charge on any atom is 0.145 e. The van der Waals surface area contributed by atoms with Crippen LogP contribution in [0.3, 0.4) is 0 Å². The van der Waals surface area contributed by atoms with E-state index in [1.54, 1.807) is 12.3 Å². The molecule has 0 atom stereocenters. The first-order chi connectivity index (χ1) is 9.49. The number of nitrogens with zero attached hydrogens (tertiary/aromatic N) is 2. The van der Waals surface area contributed by atoms with Gasteiger partial charge in [-0.15, -0.1) is 0 Å². The molecule has 0 fully saturated rings. The van der Waals surface area contributed by atoms with Crippen molar-refractivity contribution in [2.24, 2.45) is 5.84 Å². The van der Waals surface area contributed by atoms with Gasteiger partial charge in [0.05, 0.1) is 6.26 Å². The Kier molecular flexibility index (Phi) is 4.24. The lowest BCUT2D eigenvalue weighted by atomic mass is 9.96. The van der Waals surface area contributed by atoms with Crippen LogP contribution in [-0.4, -0.2) is 16.5 Å². The van der Waals surface area contributed by atoms with Crippen molar-refractivity contribution in [3.63, 3.8) is 0 Å². The maximum absolute atomic E-state index is 5.45. The van der Waals surface area contributed by atoms with Crippen molar-refractivity contribution in [3.8, 4) is 0 Å². The van der Waals surface area contributed by atoms with E-state index in [9.17, 15) is 0 Å². The van der Waals surface area contributed by atoms with Crippen LogP contribution in [0.25, 0.3) is 0 Å². The summed E-state index contributed by atoms with van der Waals surface area (Å²) in [5.74, 6) is 8.50. The standard InChI is InChI=1S/C14H21N5O/c1-14(2,3)13-17-11(9-12(18-13)19-15)16-7-6-10-5-4-8-20-10/h4-5,8-9H,6-7,15H2,1-3H3,(H2,16,17,18,19). The molecule has 0 aliphatic heterocycles. The third kappa shape index (κ3) is 3.71. The highest BCUT2D eigenvalue weighted by Gasteiger charge is 2.19. The Balaban J connectivity index is 2.06. The van der Waals surface area contributed by atoms with Crippen LogP contribution in [0.15, 0.2) is 28.9 Å². The molecule has 0 radical (unpaired) electrons. The van der Waals surface area contributed by atoms with Crippen molar-refractivity contribution < 1.29 is 4.42 Å². The van der Waals surface area contributed by atoms with Crippen molar-refractivity contribution >= 4 is 11.6 Å². The van der Waals surface area contributed by atoms with Crippen LogP contribution in [0, 0.1) is 0 Å². The minimum Gasteiger partial charge on any atom is -0.469 e. The van der Waals surface area contributed by atoms with E-state index in [4.69, 9.17) is 10.3 Å². The largest absolute Gasteiger partial charge is 0.469 e. The average Bonchev–Trinajstić information content (AvgIpc) is 2.90. The van der Waals surface area contributed by atoms with Crippen LogP contribution in [0.2, 0.25) is 0 Å². The molecule has 0 spiro atoms. The van der Waals surface area contributed by atoms with Gasteiger partial charge in [0, 0.05) is 24.4 Å². The first-order valence-corrected chi connectivity index (χ1v) is 6.61. The number of hydrogen-bond acceptors (Lipinski definition) is 6. The highest BCUT2D eigenvalue weighted by atomic mass is 16.3. The second-order valence-electron chi connectivity index (χ2n) is 5.61. The zero-order chi connectivity index (χ0) is 14.6. The number of anilines is 2. The van der Waals surface area contributed by atoms with Gasteiger partial charge in [0.15, 0.2) is 0 Å². The lowest BCUT2D eigenvalue weighted by molar-refractivity contribution is 0.512. The third-order valence-corrected chi connectivity index (χ3v) is 2.80. The minimum absolute atomic E-state index is 0.135. The van der Waals surface area contributed by atoms with Gasteiger partial charge in [-0.05, 0) is 12.1 Å². The van der Waals surface area contributed by atoms with Crippen LogP contribution >= 0.6 is 0 Å². The molecule has 6 heteroatoms. The van der Waals surface area contributed by atoms with Crippen molar-refractivity contribution in [2.45, 2.75) is 32.6 Å². The highest BCUT2D eigenvalue weighted by molar-refractivity contribution is 5.47. The van der Waals surface area contributed by atoms with Crippen LogP contribution in [0.1, 0.15) is 32.4 Å². The Bertz CT molecular complexity index is 545. The van der Waals surface area contributed by atoms with Gasteiger partial charge in [0.25, 0.3) is 0 Å². The van der Waals surface area contributed by atoms with Gasteiger partial charge in [-0.3, -0.25) is 0 Å². The van der Waals surface area contributed by atoms with E-state index in [-0.39, 0.29) is 5.41 Å². The molecule has 0 saturated heterocycles. The number of hydrazine groups is 1. The monoisotopic (exact) mass is 275 g/mol. The topological polar surface area (TPSA) is 89.0 Å². The smallest absolute Gasteiger partial charge is 0.145 e. The molecule has 4 N–H and O–H groups in total. The fourth-order valence-corrected chi connectivity index (χ4v) is 1.72. The fraction of sp³-hybridized carbons (Fsp3) is 0.429. The molecular formula is C14H21N5O. The van der Waals surface area contributed by atoms with Crippen molar-refractivity contribution in [3.05, 3.63) is 36.0 Å². The van der Waals surface area contributed by atoms with Crippen molar-refractivity contribution in [1.82, 2.24) is 9.97 Å². The second-order valence-corrected chi connectivity index (χ2v) is 5.61. The Morgan fingerprint density at radius 2 is 2.00 bits per heavy atom. The van der Waals surface area contributed by atoms with Gasteiger partial charge in [0.2, 0.25) is 0 Å². The molecule has 0 saturated carbocycles. The molecule has 0 aliphatic carbocycles. The summed E-state index contributed by atoms with van der Waals surface area (Å²) in [6.07, 6.45) is 2.47. The molecule has 0 aliphatic rings. The van der Waals surface area contributed by atoms with Gasteiger partial charge < -0.3 is 15.2 Å². The quantitative estimate of drug-likeness (QED) is 0.573. The number of nitrogens with two attached hydrogens (primary N) is 1. The fourth-order valence-electron chi connectivity index (χ4n) is 1.72. The number of furan rings is 1. The highest BCUT2D eigenvalue weighted by Crippen LogP contribution is 2.21. The molecule has 108 valence electrons. The molecule has 0 amide bonds. The van der Waals surface area contributed by atoms with E-state index in [1.165, 1.54) is 0 Å². The van der Waals surface area contributed by atoms with Gasteiger partial charge in [-0.2, -0.15) is 0 Å². The number of aromatic nitrogens is 2. The number of nitrogens with one attached hydrogen (secondary N) is 2. The number of rotatable bonds is 5. The van der Waals surface area contributed by atoms with E-state index in [0.29, 0.717) is 5.82 Å². The Morgan fingerprint density at radius 1 is 1.25 bits per heavy atom. The zero-order valence-electron chi connectivity index (χ0n) is 12.1. The lowest BCUT2D eigenvalue weighted by Gasteiger charge is -2.18. The summed E-state index contributed by atoms with van der Waals surface area (Å²) in [4.78, 5) is 8.90. The summed E-state index contributed by atoms with van der Waals surface area (Å²) < 4.78 is 5.29. The predicted molar refractivity (Wildman–Crippen MR) is 79.4 cm³/mol. The summed E-state index contributed by atoms with van der Waals surface area (Å²) in [5, 5.41) is 3.26. The molecule has 20 heavy (non-hydrogen) atoms. The third-order valence-electron chi connectivity index (χ3n) is 2.80. The molecule has 2 rings (SSSR count). The summed E-state index contributed by atoms with van der Waals surface area (Å²) >= 11 is 0.